The van der Waals surface area contributed by atoms with Crippen molar-refractivity contribution in [1.29, 1.82) is 0 Å². The Kier molecular flexibility index (Phi) is 4.70. The normalized spacial score (nSPS) is 32.7. The van der Waals surface area contributed by atoms with E-state index in [9.17, 15) is 14.4 Å². The standard InChI is InChI=1S/C25H23BrN2O3S/c26-18-8-20(32-13-18)9-21-22(29)27-24(31)28(23(21)30)19-3-1-17(2-4-19)25-10-14-5-15(11-25)7-16(6-14)12-25/h1-4,8-9,13-16H,5-7,10-12H2,(H,27,29,31)/b21-9+. The highest BCUT2D eigenvalue weighted by atomic mass is 79.9. The van der Waals surface area contributed by atoms with Gasteiger partial charge in [0.1, 0.15) is 5.57 Å². The number of hydrogen-bond donors (Lipinski definition) is 1. The van der Waals surface area contributed by atoms with Crippen molar-refractivity contribution in [3.8, 4) is 0 Å². The van der Waals surface area contributed by atoms with Crippen molar-refractivity contribution >= 4 is 56.9 Å². The van der Waals surface area contributed by atoms with Gasteiger partial charge in [-0.1, -0.05) is 12.1 Å². The topological polar surface area (TPSA) is 66.5 Å². The number of carbonyl (C=O) groups excluding carboxylic acids is 3. The van der Waals surface area contributed by atoms with Crippen molar-refractivity contribution in [2.75, 3.05) is 4.90 Å². The minimum Gasteiger partial charge on any atom is -0.273 e. The second-order valence-electron chi connectivity index (χ2n) is 9.87. The molecule has 1 aliphatic heterocycles. The van der Waals surface area contributed by atoms with Crippen LogP contribution < -0.4 is 10.2 Å². The molecule has 4 saturated carbocycles. The van der Waals surface area contributed by atoms with Crippen LogP contribution >= 0.6 is 27.3 Å². The van der Waals surface area contributed by atoms with Gasteiger partial charge in [-0.15, -0.1) is 11.3 Å². The molecule has 0 radical (unpaired) electrons. The van der Waals surface area contributed by atoms with Gasteiger partial charge >= 0.3 is 6.03 Å². The van der Waals surface area contributed by atoms with Crippen molar-refractivity contribution < 1.29 is 14.4 Å². The largest absolute Gasteiger partial charge is 0.335 e. The van der Waals surface area contributed by atoms with Gasteiger partial charge in [-0.2, -0.15) is 0 Å². The average Bonchev–Trinajstić information content (AvgIpc) is 3.15. The minimum atomic E-state index is -0.702. The summed E-state index contributed by atoms with van der Waals surface area (Å²) in [4.78, 5) is 39.9. The molecule has 0 atom stereocenters. The van der Waals surface area contributed by atoms with Crippen molar-refractivity contribution in [3.05, 3.63) is 56.2 Å². The highest BCUT2D eigenvalue weighted by molar-refractivity contribution is 9.10. The molecule has 1 aromatic carbocycles. The number of halogens is 1. The number of nitrogens with one attached hydrogen (secondary N) is 1. The SMILES string of the molecule is O=C1NC(=O)N(c2ccc(C34CC5CC(CC(C5)C3)C4)cc2)C(=O)/C1=C/c1cc(Br)cs1. The van der Waals surface area contributed by atoms with Crippen molar-refractivity contribution in [2.45, 2.75) is 43.9 Å². The maximum Gasteiger partial charge on any atom is 0.335 e. The van der Waals surface area contributed by atoms with E-state index in [-0.39, 0.29) is 11.0 Å². The molecule has 2 aromatic rings. The lowest BCUT2D eigenvalue weighted by molar-refractivity contribution is -0.122. The molecule has 5 aliphatic rings. The molecule has 7 rings (SSSR count). The molecular weight excluding hydrogens is 488 g/mol. The number of rotatable bonds is 3. The summed E-state index contributed by atoms with van der Waals surface area (Å²) < 4.78 is 0.881. The van der Waals surface area contributed by atoms with Crippen LogP contribution in [-0.4, -0.2) is 17.8 Å². The van der Waals surface area contributed by atoms with Gasteiger partial charge in [-0.05, 0) is 107 Å². The Morgan fingerprint density at radius 3 is 2.19 bits per heavy atom. The van der Waals surface area contributed by atoms with Crippen LogP contribution in [0.4, 0.5) is 10.5 Å². The lowest BCUT2D eigenvalue weighted by Gasteiger charge is -2.57. The smallest absolute Gasteiger partial charge is 0.273 e. The van der Waals surface area contributed by atoms with Gasteiger partial charge in [0.05, 0.1) is 5.69 Å². The van der Waals surface area contributed by atoms with Crippen LogP contribution in [0.25, 0.3) is 6.08 Å². The number of benzene rings is 1. The van der Waals surface area contributed by atoms with Crippen LogP contribution in [0.15, 0.2) is 45.8 Å². The van der Waals surface area contributed by atoms with E-state index >= 15 is 0 Å². The maximum atomic E-state index is 13.1. The Hall–Kier alpha value is -2.25. The predicted molar refractivity (Wildman–Crippen MR) is 127 cm³/mol. The quantitative estimate of drug-likeness (QED) is 0.428. The molecule has 4 bridgehead atoms. The van der Waals surface area contributed by atoms with E-state index in [2.05, 4.69) is 33.4 Å². The Labute approximate surface area is 199 Å². The fourth-order valence-corrected chi connectivity index (χ4v) is 8.24. The molecule has 1 saturated heterocycles. The van der Waals surface area contributed by atoms with Gasteiger partial charge in [0.15, 0.2) is 0 Å². The summed E-state index contributed by atoms with van der Waals surface area (Å²) in [6.07, 6.45) is 9.51. The summed E-state index contributed by atoms with van der Waals surface area (Å²) >= 11 is 4.80. The van der Waals surface area contributed by atoms with E-state index in [4.69, 9.17) is 0 Å². The van der Waals surface area contributed by atoms with Gasteiger partial charge in [0.2, 0.25) is 0 Å². The molecule has 1 aromatic heterocycles. The van der Waals surface area contributed by atoms with Crippen LogP contribution in [0.3, 0.4) is 0 Å². The minimum absolute atomic E-state index is 0.0379. The third-order valence-corrected chi connectivity index (χ3v) is 9.39. The third-order valence-electron chi connectivity index (χ3n) is 7.75. The molecule has 4 amide bonds. The van der Waals surface area contributed by atoms with Crippen LogP contribution in [0.2, 0.25) is 0 Å². The summed E-state index contributed by atoms with van der Waals surface area (Å²) in [6.45, 7) is 0. The van der Waals surface area contributed by atoms with Crippen LogP contribution in [-0.2, 0) is 15.0 Å². The molecule has 7 heteroatoms. The number of urea groups is 1. The molecule has 1 N–H and O–H groups in total. The summed E-state index contributed by atoms with van der Waals surface area (Å²) in [5.41, 5.74) is 2.05. The number of carbonyl (C=O) groups is 3. The van der Waals surface area contributed by atoms with Gasteiger partial charge in [-0.25, -0.2) is 9.69 Å². The summed E-state index contributed by atoms with van der Waals surface area (Å²) in [6, 6.07) is 9.05. The second kappa shape index (κ2) is 7.39. The van der Waals surface area contributed by atoms with Crippen molar-refractivity contribution in [1.82, 2.24) is 5.32 Å². The van der Waals surface area contributed by atoms with E-state index in [0.717, 1.165) is 32.0 Å². The number of nitrogens with zero attached hydrogens (tertiary/aromatic N) is 1. The number of hydrogen-bond acceptors (Lipinski definition) is 4. The molecule has 5 fully saturated rings. The van der Waals surface area contributed by atoms with Gasteiger partial charge in [0, 0.05) is 14.7 Å². The van der Waals surface area contributed by atoms with Crippen LogP contribution in [0, 0.1) is 17.8 Å². The fourth-order valence-electron chi connectivity index (χ4n) is 6.87. The Balaban J connectivity index is 1.30. The molecule has 0 unspecified atom stereocenters. The highest BCUT2D eigenvalue weighted by Crippen LogP contribution is 2.60. The molecule has 0 spiro atoms. The summed E-state index contributed by atoms with van der Waals surface area (Å²) in [5.74, 6) is 1.31. The predicted octanol–water partition coefficient (Wildman–Crippen LogP) is 5.64. The fraction of sp³-hybridized carbons (Fsp3) is 0.400. The first-order valence-corrected chi connectivity index (χ1v) is 12.8. The lowest BCUT2D eigenvalue weighted by atomic mass is 9.48. The lowest BCUT2D eigenvalue weighted by Crippen LogP contribution is -2.54. The zero-order chi connectivity index (χ0) is 22.0. The van der Waals surface area contributed by atoms with Gasteiger partial charge in [-0.3, -0.25) is 14.9 Å². The van der Waals surface area contributed by atoms with Crippen molar-refractivity contribution in [3.63, 3.8) is 0 Å². The van der Waals surface area contributed by atoms with E-state index in [1.54, 1.807) is 0 Å². The van der Waals surface area contributed by atoms with E-state index in [0.29, 0.717) is 5.69 Å². The van der Waals surface area contributed by atoms with E-state index in [1.165, 1.54) is 61.5 Å². The number of anilines is 1. The monoisotopic (exact) mass is 510 g/mol. The van der Waals surface area contributed by atoms with E-state index in [1.807, 2.05) is 23.6 Å². The Morgan fingerprint density at radius 2 is 1.62 bits per heavy atom. The van der Waals surface area contributed by atoms with Crippen LogP contribution in [0.1, 0.15) is 49.0 Å². The highest BCUT2D eigenvalue weighted by Gasteiger charge is 2.51. The Bertz CT molecular complexity index is 1130. The first-order chi connectivity index (χ1) is 15.4. The molecular formula is C25H23BrN2O3S. The molecule has 2 heterocycles. The molecule has 4 aliphatic carbocycles. The molecule has 164 valence electrons. The second-order valence-corrected chi connectivity index (χ2v) is 11.7. The van der Waals surface area contributed by atoms with Gasteiger partial charge < -0.3 is 0 Å². The number of amides is 4. The first kappa shape index (κ1) is 20.4. The Morgan fingerprint density at radius 1 is 1.00 bits per heavy atom. The third kappa shape index (κ3) is 3.28. The maximum absolute atomic E-state index is 13.1. The summed E-state index contributed by atoms with van der Waals surface area (Å²) in [5, 5.41) is 4.19. The average molecular weight is 511 g/mol. The summed E-state index contributed by atoms with van der Waals surface area (Å²) in [7, 11) is 0. The zero-order valence-corrected chi connectivity index (χ0v) is 19.9. The first-order valence-electron chi connectivity index (χ1n) is 11.2. The zero-order valence-electron chi connectivity index (χ0n) is 17.5. The molecule has 5 nitrogen and oxygen atoms in total. The number of imide groups is 2. The van der Waals surface area contributed by atoms with Crippen LogP contribution in [0.5, 0.6) is 0 Å². The van der Waals surface area contributed by atoms with Crippen molar-refractivity contribution in [2.24, 2.45) is 17.8 Å². The van der Waals surface area contributed by atoms with E-state index < -0.39 is 17.8 Å². The molecule has 32 heavy (non-hydrogen) atoms. The number of barbiturate groups is 1. The number of thiophene rings is 1. The van der Waals surface area contributed by atoms with Gasteiger partial charge in [0.25, 0.3) is 11.8 Å².